The van der Waals surface area contributed by atoms with Gasteiger partial charge >= 0.3 is 0 Å². The second-order valence-electron chi connectivity index (χ2n) is 22.4. The van der Waals surface area contributed by atoms with Gasteiger partial charge in [0.05, 0.1) is 0 Å². The van der Waals surface area contributed by atoms with Crippen LogP contribution in [0.4, 0.5) is 8.78 Å². The Morgan fingerprint density at radius 2 is 0.506 bits per heavy atom. The second-order valence-corrected chi connectivity index (χ2v) is 22.4. The van der Waals surface area contributed by atoms with E-state index in [0.717, 1.165) is 27.8 Å². The average molecular weight is 1030 g/mol. The highest BCUT2D eigenvalue weighted by molar-refractivity contribution is 5.66. The Bertz CT molecular complexity index is 3060. The third-order valence-electron chi connectivity index (χ3n) is 12.5. The molecule has 2 heteroatoms. The number of aryl methyl sites for hydroxylation is 17. The van der Waals surface area contributed by atoms with Gasteiger partial charge in [0.15, 0.2) is 0 Å². The summed E-state index contributed by atoms with van der Waals surface area (Å²) >= 11 is 0. The van der Waals surface area contributed by atoms with Gasteiger partial charge in [-0.2, -0.15) is 0 Å². The van der Waals surface area contributed by atoms with Crippen molar-refractivity contribution < 1.29 is 8.78 Å². The molecule has 0 saturated heterocycles. The van der Waals surface area contributed by atoms with Crippen LogP contribution in [0.1, 0.15) is 121 Å². The molecule has 0 aliphatic heterocycles. The summed E-state index contributed by atoms with van der Waals surface area (Å²) < 4.78 is 25.6. The first-order valence-corrected chi connectivity index (χ1v) is 27.0. The third kappa shape index (κ3) is 24.2. The highest BCUT2D eigenvalue weighted by atomic mass is 19.1. The Morgan fingerprint density at radius 1 is 0.221 bits per heavy atom. The van der Waals surface area contributed by atoms with Crippen molar-refractivity contribution >= 4 is 0 Å². The fraction of sp³-hybridized carbons (Fsp3) is 0.280. The van der Waals surface area contributed by atoms with Gasteiger partial charge in [-0.3, -0.25) is 0 Å². The molecule has 0 nitrogen and oxygen atoms in total. The summed E-state index contributed by atoms with van der Waals surface area (Å²) in [4.78, 5) is 0. The highest BCUT2D eigenvalue weighted by Gasteiger charge is 2.13. The first-order valence-electron chi connectivity index (χ1n) is 27.0. The van der Waals surface area contributed by atoms with E-state index >= 15 is 0 Å². The lowest BCUT2D eigenvalue weighted by Crippen LogP contribution is -2.11. The van der Waals surface area contributed by atoms with Crippen molar-refractivity contribution in [2.24, 2.45) is 0 Å². The summed E-state index contributed by atoms with van der Waals surface area (Å²) in [6, 6.07) is 63.4. The number of halogens is 2. The zero-order valence-corrected chi connectivity index (χ0v) is 50.6. The molecule has 0 aromatic heterocycles. The average Bonchev–Trinajstić information content (AvgIpc) is 3.32. The molecular weight excluding hydrogens is 939 g/mol. The molecule has 0 radical (unpaired) electrons. The Labute approximate surface area is 466 Å². The van der Waals surface area contributed by atoms with E-state index in [1.807, 2.05) is 31.2 Å². The second kappa shape index (κ2) is 31.2. The smallest absolute Gasteiger partial charge is 0.129 e. The zero-order chi connectivity index (χ0) is 57.6. The minimum atomic E-state index is -0.0856. The van der Waals surface area contributed by atoms with E-state index in [2.05, 4.69) is 249 Å². The van der Waals surface area contributed by atoms with Crippen LogP contribution in [-0.4, -0.2) is 0 Å². The normalized spacial score (nSPS) is 10.2. The molecule has 9 aromatic rings. The van der Waals surface area contributed by atoms with Crippen molar-refractivity contribution in [1.82, 2.24) is 0 Å². The molecular formula is C75H90F2. The monoisotopic (exact) mass is 1030 g/mol. The van der Waals surface area contributed by atoms with E-state index in [4.69, 9.17) is 0 Å². The van der Waals surface area contributed by atoms with Crippen molar-refractivity contribution in [1.29, 1.82) is 0 Å². The van der Waals surface area contributed by atoms with Crippen LogP contribution in [0.3, 0.4) is 0 Å². The van der Waals surface area contributed by atoms with Crippen molar-refractivity contribution in [3.63, 3.8) is 0 Å². The molecule has 0 aliphatic carbocycles. The SMILES string of the molecule is Cc1cc(C)c(F)c(C)c1.Cc1cc(C)cc(-c2ccccc2)c1.Cc1cc(C)cc(C(C)(C)C)c1.Cc1cc(C)cc(C)c1.Cc1ccc(-c2cc(C)cc(C)c2)cc1.Cc1cccc(C)c1.Cc1cccc(C)c1F. The lowest BCUT2D eigenvalue weighted by Gasteiger charge is -2.20. The van der Waals surface area contributed by atoms with E-state index in [0.29, 0.717) is 0 Å². The predicted molar refractivity (Wildman–Crippen MR) is 335 cm³/mol. The summed E-state index contributed by atoms with van der Waals surface area (Å²) in [5.74, 6) is -0.164. The minimum Gasteiger partial charge on any atom is -0.206 e. The van der Waals surface area contributed by atoms with Crippen LogP contribution < -0.4 is 0 Å². The number of benzene rings is 9. The maximum Gasteiger partial charge on any atom is 0.129 e. The molecule has 9 rings (SSSR count). The van der Waals surface area contributed by atoms with E-state index in [9.17, 15) is 8.78 Å². The summed E-state index contributed by atoms with van der Waals surface area (Å²) in [5.41, 5.74) is 27.0. The third-order valence-corrected chi connectivity index (χ3v) is 12.5. The molecule has 0 fully saturated rings. The van der Waals surface area contributed by atoms with Gasteiger partial charge in [0, 0.05) is 0 Å². The van der Waals surface area contributed by atoms with Crippen LogP contribution in [0.2, 0.25) is 0 Å². The predicted octanol–water partition coefficient (Wildman–Crippen LogP) is 22.0. The lowest BCUT2D eigenvalue weighted by atomic mass is 9.85. The number of hydrogen-bond donors (Lipinski definition) is 0. The molecule has 9 aromatic carbocycles. The van der Waals surface area contributed by atoms with Gasteiger partial charge < -0.3 is 0 Å². The van der Waals surface area contributed by atoms with Gasteiger partial charge in [-0.25, -0.2) is 8.78 Å². The maximum atomic E-state index is 12.9. The van der Waals surface area contributed by atoms with Crippen LogP contribution in [0.25, 0.3) is 22.3 Å². The first kappa shape index (κ1) is 64.1. The number of hydrogen-bond acceptors (Lipinski definition) is 0. The van der Waals surface area contributed by atoms with Crippen LogP contribution in [0.15, 0.2) is 182 Å². The molecule has 77 heavy (non-hydrogen) atoms. The molecule has 0 aliphatic rings. The summed E-state index contributed by atoms with van der Waals surface area (Å²) in [6.45, 7) is 41.4. The van der Waals surface area contributed by atoms with Crippen LogP contribution in [-0.2, 0) is 5.41 Å². The quantitative estimate of drug-likeness (QED) is 0.162. The van der Waals surface area contributed by atoms with Crippen molar-refractivity contribution in [2.75, 3.05) is 0 Å². The van der Waals surface area contributed by atoms with Crippen LogP contribution in [0.5, 0.6) is 0 Å². The van der Waals surface area contributed by atoms with Gasteiger partial charge in [0.2, 0.25) is 0 Å². The standard InChI is InChI=1S/C15H16.C14H14.C12H18.C9H11F.C9H12.C8H9F.C8H10/c1-11-4-6-14(7-5-11)15-9-12(2)8-13(3)10-15;1-11-8-12(2)10-14(9-11)13-6-4-3-5-7-13;1-9-6-10(2)8-11(7-9)12(3,4)5;1-6-4-7(2)9(10)8(3)5-6;1-7-4-8(2)6-9(3)5-7;1-6-4-3-5-7(2)8(6)9;1-7-4-3-5-8(2)6-7/h4-10H,1-3H3;3-10H,1-2H3;6-8H,1-5H3;4-5H,1-3H3;4-6H,1-3H3;3-5H,1-2H3;3-6H,1-2H3. The van der Waals surface area contributed by atoms with Crippen molar-refractivity contribution in [3.8, 4) is 22.3 Å². The molecule has 0 saturated carbocycles. The van der Waals surface area contributed by atoms with Crippen LogP contribution in [0, 0.1) is 129 Å². The van der Waals surface area contributed by atoms with Gasteiger partial charge in [0.1, 0.15) is 11.6 Å². The summed E-state index contributed by atoms with van der Waals surface area (Å²) in [7, 11) is 0. The molecule has 0 heterocycles. The molecule has 0 bridgehead atoms. The van der Waals surface area contributed by atoms with Gasteiger partial charge in [-0.05, 0) is 173 Å². The van der Waals surface area contributed by atoms with Gasteiger partial charge in [0.25, 0.3) is 0 Å². The van der Waals surface area contributed by atoms with E-state index in [-0.39, 0.29) is 17.0 Å². The van der Waals surface area contributed by atoms with Crippen molar-refractivity contribution in [2.45, 2.75) is 144 Å². The zero-order valence-electron chi connectivity index (χ0n) is 50.6. The van der Waals surface area contributed by atoms with Gasteiger partial charge in [-0.15, -0.1) is 0 Å². The molecule has 0 spiro atoms. The molecule has 0 amide bonds. The summed E-state index contributed by atoms with van der Waals surface area (Å²) in [5, 5.41) is 0. The van der Waals surface area contributed by atoms with Crippen LogP contribution >= 0.6 is 0 Å². The maximum absolute atomic E-state index is 12.9. The molecule has 0 atom stereocenters. The fourth-order valence-electron chi connectivity index (χ4n) is 9.03. The Hall–Kier alpha value is -7.16. The minimum absolute atomic E-state index is 0.0781. The first-order chi connectivity index (χ1) is 36.1. The Morgan fingerprint density at radius 3 is 0.831 bits per heavy atom. The number of rotatable bonds is 2. The van der Waals surface area contributed by atoms with Crippen molar-refractivity contribution in [3.05, 3.63) is 294 Å². The van der Waals surface area contributed by atoms with Gasteiger partial charge in [-0.1, -0.05) is 275 Å². The Kier molecular flexibility index (Phi) is 25.9. The molecule has 0 N–H and O–H groups in total. The topological polar surface area (TPSA) is 0 Å². The summed E-state index contributed by atoms with van der Waals surface area (Å²) in [6.07, 6.45) is 0. The molecule has 404 valence electrons. The van der Waals surface area contributed by atoms with E-state index < -0.39 is 0 Å². The lowest BCUT2D eigenvalue weighted by molar-refractivity contribution is 0.589. The van der Waals surface area contributed by atoms with E-state index in [1.165, 1.54) is 94.6 Å². The largest absolute Gasteiger partial charge is 0.206 e. The fourth-order valence-corrected chi connectivity index (χ4v) is 9.03. The Balaban J connectivity index is 0.000000239. The highest BCUT2D eigenvalue weighted by Crippen LogP contribution is 2.25. The molecule has 0 unspecified atom stereocenters. The van der Waals surface area contributed by atoms with E-state index in [1.54, 1.807) is 39.8 Å².